The minimum atomic E-state index is -0.710. The maximum atomic E-state index is 11.2. The molecule has 0 spiro atoms. The number of ether oxygens (including phenoxy) is 1. The largest absolute Gasteiger partial charge is 0.489 e. The highest BCUT2D eigenvalue weighted by Crippen LogP contribution is 2.32. The molecule has 108 valence electrons. The highest BCUT2D eigenvalue weighted by atomic mass is 16.5. The standard InChI is InChI=1S/C18H18O3/c19-18(20)15-10-9-14-7-4-8-17(16(14)11-15)21-12-13-5-2-1-3-6-13/h1-8,15H,9-12H2,(H,19,20). The van der Waals surface area contributed by atoms with Gasteiger partial charge in [0.25, 0.3) is 0 Å². The van der Waals surface area contributed by atoms with Gasteiger partial charge in [-0.25, -0.2) is 0 Å². The quantitative estimate of drug-likeness (QED) is 0.934. The molecule has 1 unspecified atom stereocenters. The maximum absolute atomic E-state index is 11.2. The first-order valence-electron chi connectivity index (χ1n) is 7.24. The minimum Gasteiger partial charge on any atom is -0.489 e. The third kappa shape index (κ3) is 3.07. The molecular weight excluding hydrogens is 264 g/mol. The average molecular weight is 282 g/mol. The van der Waals surface area contributed by atoms with E-state index in [2.05, 4.69) is 6.07 Å². The number of fused-ring (bicyclic) bond motifs is 1. The van der Waals surface area contributed by atoms with Crippen LogP contribution >= 0.6 is 0 Å². The second-order valence-corrected chi connectivity index (χ2v) is 5.45. The van der Waals surface area contributed by atoms with Crippen LogP contribution in [0.4, 0.5) is 0 Å². The van der Waals surface area contributed by atoms with Crippen LogP contribution in [-0.2, 0) is 24.2 Å². The molecule has 3 nitrogen and oxygen atoms in total. The van der Waals surface area contributed by atoms with Gasteiger partial charge in [-0.2, -0.15) is 0 Å². The highest BCUT2D eigenvalue weighted by Gasteiger charge is 2.26. The van der Waals surface area contributed by atoms with E-state index in [0.717, 1.165) is 23.3 Å². The lowest BCUT2D eigenvalue weighted by molar-refractivity contribution is -0.142. The SMILES string of the molecule is O=C(O)C1CCc2cccc(OCc3ccccc3)c2C1. The van der Waals surface area contributed by atoms with Crippen LogP contribution in [-0.4, -0.2) is 11.1 Å². The molecule has 0 saturated heterocycles. The molecule has 0 bridgehead atoms. The fourth-order valence-corrected chi connectivity index (χ4v) is 2.84. The molecule has 0 aliphatic heterocycles. The molecule has 3 rings (SSSR count). The Labute approximate surface area is 124 Å². The molecule has 0 amide bonds. The van der Waals surface area contributed by atoms with Crippen molar-refractivity contribution >= 4 is 5.97 Å². The van der Waals surface area contributed by atoms with E-state index in [1.807, 2.05) is 42.5 Å². The maximum Gasteiger partial charge on any atom is 0.306 e. The van der Waals surface area contributed by atoms with Crippen LogP contribution in [0.2, 0.25) is 0 Å². The van der Waals surface area contributed by atoms with Crippen molar-refractivity contribution in [1.82, 2.24) is 0 Å². The Morgan fingerprint density at radius 1 is 1.14 bits per heavy atom. The summed E-state index contributed by atoms with van der Waals surface area (Å²) in [7, 11) is 0. The molecule has 0 aromatic heterocycles. The van der Waals surface area contributed by atoms with Gasteiger partial charge < -0.3 is 9.84 Å². The number of carbonyl (C=O) groups is 1. The van der Waals surface area contributed by atoms with Crippen molar-refractivity contribution in [2.45, 2.75) is 25.9 Å². The van der Waals surface area contributed by atoms with Crippen LogP contribution in [0.15, 0.2) is 48.5 Å². The lowest BCUT2D eigenvalue weighted by atomic mass is 9.83. The molecule has 1 atom stereocenters. The first-order valence-corrected chi connectivity index (χ1v) is 7.24. The van der Waals surface area contributed by atoms with Gasteiger partial charge in [-0.05, 0) is 42.0 Å². The third-order valence-corrected chi connectivity index (χ3v) is 4.03. The summed E-state index contributed by atoms with van der Waals surface area (Å²) in [5.41, 5.74) is 3.39. The molecule has 0 heterocycles. The zero-order chi connectivity index (χ0) is 14.7. The number of aliphatic carboxylic acids is 1. The highest BCUT2D eigenvalue weighted by molar-refractivity contribution is 5.71. The van der Waals surface area contributed by atoms with E-state index in [1.54, 1.807) is 0 Å². The molecule has 0 saturated carbocycles. The number of carboxylic acids is 1. The summed E-state index contributed by atoms with van der Waals surface area (Å²) >= 11 is 0. The van der Waals surface area contributed by atoms with E-state index in [1.165, 1.54) is 5.56 Å². The molecule has 1 aliphatic rings. The van der Waals surface area contributed by atoms with Gasteiger partial charge in [0.15, 0.2) is 0 Å². The Morgan fingerprint density at radius 2 is 1.95 bits per heavy atom. The normalized spacial score (nSPS) is 17.0. The van der Waals surface area contributed by atoms with Crippen LogP contribution in [0.5, 0.6) is 5.75 Å². The molecular formula is C18H18O3. The van der Waals surface area contributed by atoms with Crippen LogP contribution in [0.1, 0.15) is 23.1 Å². The Balaban J connectivity index is 1.79. The van der Waals surface area contributed by atoms with Crippen molar-refractivity contribution in [1.29, 1.82) is 0 Å². The van der Waals surface area contributed by atoms with E-state index in [0.29, 0.717) is 19.4 Å². The Bertz CT molecular complexity index is 634. The first kappa shape index (κ1) is 13.7. The van der Waals surface area contributed by atoms with Gasteiger partial charge in [-0.15, -0.1) is 0 Å². The molecule has 1 N–H and O–H groups in total. The second kappa shape index (κ2) is 6.00. The number of rotatable bonds is 4. The van der Waals surface area contributed by atoms with Crippen molar-refractivity contribution in [2.24, 2.45) is 5.92 Å². The number of aryl methyl sites for hydroxylation is 1. The Hall–Kier alpha value is -2.29. The lowest BCUT2D eigenvalue weighted by Gasteiger charge is -2.24. The van der Waals surface area contributed by atoms with Gasteiger partial charge in [0.2, 0.25) is 0 Å². The van der Waals surface area contributed by atoms with E-state index in [-0.39, 0.29) is 5.92 Å². The zero-order valence-corrected chi connectivity index (χ0v) is 11.8. The molecule has 1 aliphatic carbocycles. The fourth-order valence-electron chi connectivity index (χ4n) is 2.84. The van der Waals surface area contributed by atoms with Gasteiger partial charge in [-0.3, -0.25) is 4.79 Å². The van der Waals surface area contributed by atoms with Gasteiger partial charge >= 0.3 is 5.97 Å². The van der Waals surface area contributed by atoms with E-state index in [9.17, 15) is 9.90 Å². The summed E-state index contributed by atoms with van der Waals surface area (Å²) in [5.74, 6) is -0.181. The fraction of sp³-hybridized carbons (Fsp3) is 0.278. The minimum absolute atomic E-state index is 0.293. The molecule has 2 aromatic carbocycles. The van der Waals surface area contributed by atoms with E-state index < -0.39 is 5.97 Å². The van der Waals surface area contributed by atoms with Crippen molar-refractivity contribution in [3.63, 3.8) is 0 Å². The summed E-state index contributed by atoms with van der Waals surface area (Å²) in [6.45, 7) is 0.509. The second-order valence-electron chi connectivity index (χ2n) is 5.45. The van der Waals surface area contributed by atoms with Crippen LogP contribution in [0.25, 0.3) is 0 Å². The predicted octanol–water partition coefficient (Wildman–Crippen LogP) is 3.46. The summed E-state index contributed by atoms with van der Waals surface area (Å²) in [4.78, 5) is 11.2. The van der Waals surface area contributed by atoms with Gasteiger partial charge in [0.05, 0.1) is 5.92 Å². The van der Waals surface area contributed by atoms with Crippen molar-refractivity contribution < 1.29 is 14.6 Å². The topological polar surface area (TPSA) is 46.5 Å². The van der Waals surface area contributed by atoms with E-state index >= 15 is 0 Å². The van der Waals surface area contributed by atoms with Gasteiger partial charge in [-0.1, -0.05) is 42.5 Å². The molecule has 2 aromatic rings. The molecule has 3 heteroatoms. The van der Waals surface area contributed by atoms with Crippen molar-refractivity contribution in [3.05, 3.63) is 65.2 Å². The summed E-state index contributed by atoms with van der Waals surface area (Å²) in [6.07, 6.45) is 2.09. The number of hydrogen-bond donors (Lipinski definition) is 1. The van der Waals surface area contributed by atoms with Crippen LogP contribution < -0.4 is 4.74 Å². The van der Waals surface area contributed by atoms with Crippen LogP contribution in [0, 0.1) is 5.92 Å². The number of benzene rings is 2. The summed E-state index contributed by atoms with van der Waals surface area (Å²) in [6, 6.07) is 16.0. The van der Waals surface area contributed by atoms with Crippen molar-refractivity contribution in [3.8, 4) is 5.75 Å². The Kier molecular flexibility index (Phi) is 3.91. The van der Waals surface area contributed by atoms with Gasteiger partial charge in [0, 0.05) is 0 Å². The first-order chi connectivity index (χ1) is 10.2. The van der Waals surface area contributed by atoms with Crippen LogP contribution in [0.3, 0.4) is 0 Å². The zero-order valence-electron chi connectivity index (χ0n) is 11.8. The monoisotopic (exact) mass is 282 g/mol. The summed E-state index contributed by atoms with van der Waals surface area (Å²) < 4.78 is 5.93. The number of carboxylic acid groups (broad SMARTS) is 1. The smallest absolute Gasteiger partial charge is 0.306 e. The van der Waals surface area contributed by atoms with Crippen molar-refractivity contribution in [2.75, 3.05) is 0 Å². The lowest BCUT2D eigenvalue weighted by Crippen LogP contribution is -2.22. The average Bonchev–Trinajstić information content (AvgIpc) is 2.53. The molecule has 21 heavy (non-hydrogen) atoms. The Morgan fingerprint density at radius 3 is 2.71 bits per heavy atom. The van der Waals surface area contributed by atoms with Gasteiger partial charge in [0.1, 0.15) is 12.4 Å². The third-order valence-electron chi connectivity index (χ3n) is 4.03. The van der Waals surface area contributed by atoms with E-state index in [4.69, 9.17) is 4.74 Å². The molecule has 0 fully saturated rings. The number of hydrogen-bond acceptors (Lipinski definition) is 2. The predicted molar refractivity (Wildman–Crippen MR) is 80.4 cm³/mol. The summed E-state index contributed by atoms with van der Waals surface area (Å²) in [5, 5.41) is 9.22. The molecule has 0 radical (unpaired) electrons.